The van der Waals surface area contributed by atoms with E-state index in [0.29, 0.717) is 12.0 Å². The molecule has 0 aromatic carbocycles. The summed E-state index contributed by atoms with van der Waals surface area (Å²) in [4.78, 5) is 18.2. The van der Waals surface area contributed by atoms with Crippen LogP contribution in [0.1, 0.15) is 42.5 Å². The number of hydrogen-bond acceptors (Lipinski definition) is 3. The number of fused-ring (bicyclic) bond motifs is 1. The molecule has 4 nitrogen and oxygen atoms in total. The highest BCUT2D eigenvalue weighted by Gasteiger charge is 2.38. The molecule has 1 aliphatic carbocycles. The van der Waals surface area contributed by atoms with Crippen LogP contribution in [-0.4, -0.2) is 28.4 Å². The van der Waals surface area contributed by atoms with Crippen molar-refractivity contribution in [1.82, 2.24) is 9.88 Å². The Balaban J connectivity index is 1.88. The number of nitrogen functional groups attached to an aromatic ring is 1. The monoisotopic (exact) mass is 263 g/mol. The van der Waals surface area contributed by atoms with Gasteiger partial charge in [0.2, 0.25) is 0 Å². The molecule has 0 spiro atoms. The number of piperidine rings is 1. The van der Waals surface area contributed by atoms with Crippen LogP contribution in [0.15, 0.2) is 12.3 Å². The maximum absolute atomic E-state index is 13.3. The van der Waals surface area contributed by atoms with Gasteiger partial charge in [-0.1, -0.05) is 6.42 Å². The van der Waals surface area contributed by atoms with Gasteiger partial charge in [-0.25, -0.2) is 9.37 Å². The van der Waals surface area contributed by atoms with Crippen molar-refractivity contribution in [2.24, 2.45) is 5.92 Å². The maximum Gasteiger partial charge on any atom is 0.257 e. The van der Waals surface area contributed by atoms with Crippen molar-refractivity contribution >= 4 is 11.7 Å². The van der Waals surface area contributed by atoms with Crippen molar-refractivity contribution in [3.05, 3.63) is 23.6 Å². The molecule has 0 radical (unpaired) electrons. The molecule has 1 saturated carbocycles. The molecular weight excluding hydrogens is 245 g/mol. The van der Waals surface area contributed by atoms with E-state index in [2.05, 4.69) is 4.98 Å². The molecule has 1 saturated heterocycles. The topological polar surface area (TPSA) is 59.2 Å². The highest BCUT2D eigenvalue weighted by atomic mass is 19.1. The molecule has 1 aliphatic heterocycles. The van der Waals surface area contributed by atoms with Gasteiger partial charge in [-0.3, -0.25) is 4.79 Å². The van der Waals surface area contributed by atoms with E-state index in [1.165, 1.54) is 25.3 Å². The number of pyridine rings is 1. The summed E-state index contributed by atoms with van der Waals surface area (Å²) in [5.74, 6) is 0.0468. The van der Waals surface area contributed by atoms with E-state index < -0.39 is 5.82 Å². The lowest BCUT2D eigenvalue weighted by Gasteiger charge is -2.37. The summed E-state index contributed by atoms with van der Waals surface area (Å²) in [6.45, 7) is 0.746. The Kier molecular flexibility index (Phi) is 3.12. The number of hydrogen-bond donors (Lipinski definition) is 1. The predicted octanol–water partition coefficient (Wildman–Crippen LogP) is 2.21. The average molecular weight is 263 g/mol. The molecule has 2 N–H and O–H groups in total. The molecule has 5 heteroatoms. The Morgan fingerprint density at radius 2 is 2.16 bits per heavy atom. The largest absolute Gasteiger partial charge is 0.383 e. The van der Waals surface area contributed by atoms with Crippen LogP contribution in [0, 0.1) is 11.7 Å². The Hall–Kier alpha value is -1.65. The molecule has 2 aliphatic rings. The lowest BCUT2D eigenvalue weighted by Crippen LogP contribution is -2.46. The van der Waals surface area contributed by atoms with Gasteiger partial charge in [0.25, 0.3) is 5.91 Å². The molecule has 2 atom stereocenters. The number of nitrogens with two attached hydrogens (primary N) is 1. The minimum Gasteiger partial charge on any atom is -0.383 e. The van der Waals surface area contributed by atoms with Gasteiger partial charge in [0.05, 0.1) is 11.8 Å². The number of likely N-dealkylation sites (tertiary alicyclic amines) is 1. The van der Waals surface area contributed by atoms with Crippen LogP contribution in [-0.2, 0) is 0 Å². The zero-order valence-corrected chi connectivity index (χ0v) is 10.8. The maximum atomic E-state index is 13.3. The summed E-state index contributed by atoms with van der Waals surface area (Å²) in [6.07, 6.45) is 6.70. The number of carbonyl (C=O) groups excluding carboxylic acids is 1. The predicted molar refractivity (Wildman–Crippen MR) is 70.0 cm³/mol. The van der Waals surface area contributed by atoms with Gasteiger partial charge < -0.3 is 10.6 Å². The minimum atomic E-state index is -0.516. The zero-order valence-electron chi connectivity index (χ0n) is 10.8. The third kappa shape index (κ3) is 2.17. The van der Waals surface area contributed by atoms with E-state index in [1.807, 2.05) is 4.90 Å². The summed E-state index contributed by atoms with van der Waals surface area (Å²) in [7, 11) is 0. The van der Waals surface area contributed by atoms with Crippen LogP contribution >= 0.6 is 0 Å². The highest BCUT2D eigenvalue weighted by Crippen LogP contribution is 2.37. The number of anilines is 1. The number of amides is 1. The molecule has 19 heavy (non-hydrogen) atoms. The molecule has 1 aromatic rings. The highest BCUT2D eigenvalue weighted by molar-refractivity contribution is 5.98. The van der Waals surface area contributed by atoms with Crippen LogP contribution in [0.25, 0.3) is 0 Å². The molecule has 0 bridgehead atoms. The summed E-state index contributed by atoms with van der Waals surface area (Å²) in [5.41, 5.74) is 5.91. The van der Waals surface area contributed by atoms with Gasteiger partial charge in [0.15, 0.2) is 0 Å². The fourth-order valence-corrected chi connectivity index (χ4v) is 3.48. The van der Waals surface area contributed by atoms with E-state index in [0.717, 1.165) is 25.6 Å². The first-order valence-corrected chi connectivity index (χ1v) is 6.89. The lowest BCUT2D eigenvalue weighted by molar-refractivity contribution is 0.0548. The second-order valence-electron chi connectivity index (χ2n) is 5.49. The van der Waals surface area contributed by atoms with Crippen LogP contribution in [0.5, 0.6) is 0 Å². The van der Waals surface area contributed by atoms with Gasteiger partial charge in [-0.05, 0) is 37.7 Å². The van der Waals surface area contributed by atoms with Crippen molar-refractivity contribution in [2.45, 2.75) is 38.1 Å². The molecular formula is C14H18FN3O. The Morgan fingerprint density at radius 3 is 3.00 bits per heavy atom. The van der Waals surface area contributed by atoms with Crippen LogP contribution in [0.2, 0.25) is 0 Å². The fraction of sp³-hybridized carbons (Fsp3) is 0.571. The summed E-state index contributed by atoms with van der Waals surface area (Å²) < 4.78 is 13.3. The second-order valence-corrected chi connectivity index (χ2v) is 5.49. The number of rotatable bonds is 1. The second kappa shape index (κ2) is 4.79. The Bertz CT molecular complexity index is 505. The molecule has 1 amide bonds. The Morgan fingerprint density at radius 1 is 1.37 bits per heavy atom. The van der Waals surface area contributed by atoms with Gasteiger partial charge in [0.1, 0.15) is 11.6 Å². The average Bonchev–Trinajstić information content (AvgIpc) is 2.89. The van der Waals surface area contributed by atoms with Gasteiger partial charge >= 0.3 is 0 Å². The smallest absolute Gasteiger partial charge is 0.257 e. The zero-order chi connectivity index (χ0) is 13.4. The van der Waals surface area contributed by atoms with Crippen molar-refractivity contribution < 1.29 is 9.18 Å². The van der Waals surface area contributed by atoms with E-state index in [-0.39, 0.29) is 17.3 Å². The van der Waals surface area contributed by atoms with Crippen molar-refractivity contribution in [3.8, 4) is 0 Å². The van der Waals surface area contributed by atoms with Gasteiger partial charge in [-0.15, -0.1) is 0 Å². The first-order valence-electron chi connectivity index (χ1n) is 6.89. The van der Waals surface area contributed by atoms with Crippen molar-refractivity contribution in [3.63, 3.8) is 0 Å². The SMILES string of the molecule is Nc1ncc(F)cc1C(=O)N1CCCC2CCCC21. The Labute approximate surface area is 111 Å². The molecule has 1 aromatic heterocycles. The van der Waals surface area contributed by atoms with Crippen LogP contribution < -0.4 is 5.73 Å². The van der Waals surface area contributed by atoms with Crippen LogP contribution in [0.4, 0.5) is 10.2 Å². The molecule has 2 fully saturated rings. The molecule has 3 rings (SSSR count). The third-order valence-corrected chi connectivity index (χ3v) is 4.37. The van der Waals surface area contributed by atoms with Gasteiger partial charge in [-0.2, -0.15) is 0 Å². The first-order chi connectivity index (χ1) is 9.16. The van der Waals surface area contributed by atoms with E-state index >= 15 is 0 Å². The molecule has 102 valence electrons. The van der Waals surface area contributed by atoms with E-state index in [4.69, 9.17) is 5.73 Å². The van der Waals surface area contributed by atoms with Crippen molar-refractivity contribution in [2.75, 3.05) is 12.3 Å². The summed E-state index contributed by atoms with van der Waals surface area (Å²) in [6, 6.07) is 1.51. The van der Waals surface area contributed by atoms with Crippen LogP contribution in [0.3, 0.4) is 0 Å². The minimum absolute atomic E-state index is 0.117. The normalized spacial score (nSPS) is 26.3. The van der Waals surface area contributed by atoms with Crippen molar-refractivity contribution in [1.29, 1.82) is 0 Å². The van der Waals surface area contributed by atoms with E-state index in [1.54, 1.807) is 0 Å². The first kappa shape index (κ1) is 12.4. The molecule has 2 heterocycles. The number of carbonyl (C=O) groups is 1. The lowest BCUT2D eigenvalue weighted by atomic mass is 9.91. The number of nitrogens with zero attached hydrogens (tertiary/aromatic N) is 2. The number of aromatic nitrogens is 1. The van der Waals surface area contributed by atoms with Gasteiger partial charge in [0, 0.05) is 12.6 Å². The summed E-state index contributed by atoms with van der Waals surface area (Å²) >= 11 is 0. The summed E-state index contributed by atoms with van der Waals surface area (Å²) in [5, 5.41) is 0. The fourth-order valence-electron chi connectivity index (χ4n) is 3.48. The number of halogens is 1. The standard InChI is InChI=1S/C14H18FN3O/c15-10-7-11(13(16)17-8-10)14(19)18-6-2-4-9-3-1-5-12(9)18/h7-9,12H,1-6H2,(H2,16,17). The molecule has 2 unspecified atom stereocenters. The van der Waals surface area contributed by atoms with E-state index in [9.17, 15) is 9.18 Å². The quantitative estimate of drug-likeness (QED) is 0.845. The third-order valence-electron chi connectivity index (χ3n) is 4.37.